The number of nitrogens with one attached hydrogen (secondary N) is 1. The number of rotatable bonds is 5. The zero-order chi connectivity index (χ0) is 13.5. The molecule has 1 saturated heterocycles. The molecular weight excluding hydrogens is 240 g/mol. The molecule has 1 aromatic heterocycles. The molecule has 0 spiro atoms. The summed E-state index contributed by atoms with van der Waals surface area (Å²) in [5.41, 5.74) is 0. The van der Waals surface area contributed by atoms with Gasteiger partial charge in [-0.25, -0.2) is 4.98 Å². The van der Waals surface area contributed by atoms with Gasteiger partial charge in [-0.05, 0) is 32.1 Å². The highest BCUT2D eigenvalue weighted by Gasteiger charge is 2.21. The summed E-state index contributed by atoms with van der Waals surface area (Å²) in [5.74, 6) is 1.28. The highest BCUT2D eigenvalue weighted by Crippen LogP contribution is 2.13. The molecule has 1 fully saturated rings. The first kappa shape index (κ1) is 13.8. The SMILES string of the molecule is CNCCCC(=O)N1CCN(c2ccccn2)CC1. The molecule has 2 rings (SSSR count). The zero-order valence-electron chi connectivity index (χ0n) is 11.5. The highest BCUT2D eigenvalue weighted by molar-refractivity contribution is 5.76. The molecule has 5 nitrogen and oxygen atoms in total. The summed E-state index contributed by atoms with van der Waals surface area (Å²) in [6.07, 6.45) is 3.37. The van der Waals surface area contributed by atoms with Crippen molar-refractivity contribution in [2.45, 2.75) is 12.8 Å². The second-order valence-corrected chi connectivity index (χ2v) is 4.76. The number of nitrogens with zero attached hydrogens (tertiary/aromatic N) is 3. The summed E-state index contributed by atoms with van der Waals surface area (Å²) in [7, 11) is 1.91. The molecule has 5 heteroatoms. The quantitative estimate of drug-likeness (QED) is 0.795. The molecule has 1 amide bonds. The Morgan fingerprint density at radius 2 is 2.11 bits per heavy atom. The molecule has 0 aromatic carbocycles. The van der Waals surface area contributed by atoms with Gasteiger partial charge in [0.05, 0.1) is 0 Å². The van der Waals surface area contributed by atoms with E-state index in [2.05, 4.69) is 15.2 Å². The van der Waals surface area contributed by atoms with Gasteiger partial charge in [0.15, 0.2) is 0 Å². The van der Waals surface area contributed by atoms with E-state index in [4.69, 9.17) is 0 Å². The first-order chi connectivity index (χ1) is 9.31. The van der Waals surface area contributed by atoms with E-state index in [9.17, 15) is 4.79 Å². The Balaban J connectivity index is 1.77. The Bertz CT molecular complexity index is 388. The monoisotopic (exact) mass is 262 g/mol. The first-order valence-electron chi connectivity index (χ1n) is 6.89. The number of aromatic nitrogens is 1. The molecule has 1 N–H and O–H groups in total. The van der Waals surface area contributed by atoms with E-state index >= 15 is 0 Å². The summed E-state index contributed by atoms with van der Waals surface area (Å²) in [6, 6.07) is 5.94. The van der Waals surface area contributed by atoms with E-state index in [0.717, 1.165) is 45.0 Å². The first-order valence-corrected chi connectivity index (χ1v) is 6.89. The summed E-state index contributed by atoms with van der Waals surface area (Å²) < 4.78 is 0. The lowest BCUT2D eigenvalue weighted by molar-refractivity contribution is -0.131. The van der Waals surface area contributed by atoms with Crippen molar-refractivity contribution in [2.75, 3.05) is 44.7 Å². The van der Waals surface area contributed by atoms with Crippen molar-refractivity contribution in [3.8, 4) is 0 Å². The topological polar surface area (TPSA) is 48.5 Å². The van der Waals surface area contributed by atoms with Crippen molar-refractivity contribution in [2.24, 2.45) is 0 Å². The van der Waals surface area contributed by atoms with E-state index in [-0.39, 0.29) is 5.91 Å². The van der Waals surface area contributed by atoms with Crippen LogP contribution in [0.4, 0.5) is 5.82 Å². The largest absolute Gasteiger partial charge is 0.353 e. The molecule has 0 aliphatic carbocycles. The number of hydrogen-bond donors (Lipinski definition) is 1. The van der Waals surface area contributed by atoms with Gasteiger partial charge in [0.2, 0.25) is 5.91 Å². The summed E-state index contributed by atoms with van der Waals surface area (Å²) in [5, 5.41) is 3.07. The third-order valence-electron chi connectivity index (χ3n) is 3.42. The third-order valence-corrected chi connectivity index (χ3v) is 3.42. The average molecular weight is 262 g/mol. The fraction of sp³-hybridized carbons (Fsp3) is 0.571. The number of carbonyl (C=O) groups is 1. The fourth-order valence-corrected chi connectivity index (χ4v) is 2.30. The van der Waals surface area contributed by atoms with Gasteiger partial charge >= 0.3 is 0 Å². The van der Waals surface area contributed by atoms with Crippen molar-refractivity contribution in [1.82, 2.24) is 15.2 Å². The summed E-state index contributed by atoms with van der Waals surface area (Å²) >= 11 is 0. The van der Waals surface area contributed by atoms with Crippen LogP contribution in [0.5, 0.6) is 0 Å². The molecular formula is C14H22N4O. The summed E-state index contributed by atoms with van der Waals surface area (Å²) in [6.45, 7) is 4.24. The molecule has 1 aliphatic rings. The molecule has 2 heterocycles. The second-order valence-electron chi connectivity index (χ2n) is 4.76. The van der Waals surface area contributed by atoms with Gasteiger partial charge in [-0.2, -0.15) is 0 Å². The van der Waals surface area contributed by atoms with Crippen LogP contribution in [-0.4, -0.2) is 55.6 Å². The van der Waals surface area contributed by atoms with Crippen LogP contribution in [0.2, 0.25) is 0 Å². The minimum Gasteiger partial charge on any atom is -0.353 e. The molecule has 0 radical (unpaired) electrons. The van der Waals surface area contributed by atoms with Crippen LogP contribution in [0.1, 0.15) is 12.8 Å². The Morgan fingerprint density at radius 1 is 1.32 bits per heavy atom. The Morgan fingerprint density at radius 3 is 2.74 bits per heavy atom. The van der Waals surface area contributed by atoms with Gasteiger partial charge in [-0.1, -0.05) is 6.07 Å². The molecule has 1 aliphatic heterocycles. The van der Waals surface area contributed by atoms with E-state index < -0.39 is 0 Å². The van der Waals surface area contributed by atoms with Gasteiger partial charge in [-0.15, -0.1) is 0 Å². The lowest BCUT2D eigenvalue weighted by atomic mass is 10.2. The highest BCUT2D eigenvalue weighted by atomic mass is 16.2. The fourth-order valence-electron chi connectivity index (χ4n) is 2.30. The Labute approximate surface area is 114 Å². The van der Waals surface area contributed by atoms with Crippen molar-refractivity contribution < 1.29 is 4.79 Å². The van der Waals surface area contributed by atoms with Gasteiger partial charge in [0.1, 0.15) is 5.82 Å². The van der Waals surface area contributed by atoms with E-state index in [1.807, 2.05) is 36.3 Å². The number of hydrogen-bond acceptors (Lipinski definition) is 4. The minimum atomic E-state index is 0.274. The third kappa shape index (κ3) is 3.92. The number of piperazine rings is 1. The number of pyridine rings is 1. The van der Waals surface area contributed by atoms with Crippen molar-refractivity contribution >= 4 is 11.7 Å². The minimum absolute atomic E-state index is 0.274. The Hall–Kier alpha value is -1.62. The predicted octanol–water partition coefficient (Wildman–Crippen LogP) is 0.730. The summed E-state index contributed by atoms with van der Waals surface area (Å²) in [4.78, 5) is 20.5. The maximum absolute atomic E-state index is 12.0. The van der Waals surface area contributed by atoms with Crippen molar-refractivity contribution in [3.05, 3.63) is 24.4 Å². The molecule has 0 atom stereocenters. The van der Waals surface area contributed by atoms with Crippen LogP contribution >= 0.6 is 0 Å². The van der Waals surface area contributed by atoms with Crippen molar-refractivity contribution in [3.63, 3.8) is 0 Å². The van der Waals surface area contributed by atoms with Crippen LogP contribution in [0, 0.1) is 0 Å². The molecule has 0 saturated carbocycles. The normalized spacial score (nSPS) is 15.6. The number of carbonyl (C=O) groups excluding carboxylic acids is 1. The van der Waals surface area contributed by atoms with E-state index in [0.29, 0.717) is 6.42 Å². The van der Waals surface area contributed by atoms with Gasteiger partial charge in [-0.3, -0.25) is 4.79 Å². The lowest BCUT2D eigenvalue weighted by Crippen LogP contribution is -2.49. The van der Waals surface area contributed by atoms with Crippen LogP contribution in [0.25, 0.3) is 0 Å². The van der Waals surface area contributed by atoms with Gasteiger partial charge in [0, 0.05) is 38.8 Å². The van der Waals surface area contributed by atoms with Crippen LogP contribution in [0.3, 0.4) is 0 Å². The molecule has 19 heavy (non-hydrogen) atoms. The maximum Gasteiger partial charge on any atom is 0.222 e. The van der Waals surface area contributed by atoms with E-state index in [1.54, 1.807) is 0 Å². The lowest BCUT2D eigenvalue weighted by Gasteiger charge is -2.35. The van der Waals surface area contributed by atoms with Gasteiger partial charge < -0.3 is 15.1 Å². The number of amides is 1. The van der Waals surface area contributed by atoms with Gasteiger partial charge in [0.25, 0.3) is 0 Å². The second kappa shape index (κ2) is 7.09. The van der Waals surface area contributed by atoms with Crippen LogP contribution in [-0.2, 0) is 4.79 Å². The average Bonchev–Trinajstić information content (AvgIpc) is 2.48. The maximum atomic E-state index is 12.0. The molecule has 1 aromatic rings. The molecule has 0 unspecified atom stereocenters. The Kier molecular flexibility index (Phi) is 5.15. The number of anilines is 1. The standard InChI is InChI=1S/C14H22N4O/c1-15-7-4-6-14(19)18-11-9-17(10-12-18)13-5-2-3-8-16-13/h2-3,5,8,15H,4,6-7,9-12H2,1H3. The van der Waals surface area contributed by atoms with Crippen molar-refractivity contribution in [1.29, 1.82) is 0 Å². The zero-order valence-corrected chi connectivity index (χ0v) is 11.5. The predicted molar refractivity (Wildman–Crippen MR) is 76.2 cm³/mol. The molecule has 104 valence electrons. The molecule has 0 bridgehead atoms. The van der Waals surface area contributed by atoms with Crippen LogP contribution < -0.4 is 10.2 Å². The van der Waals surface area contributed by atoms with E-state index in [1.165, 1.54) is 0 Å². The van der Waals surface area contributed by atoms with Crippen LogP contribution in [0.15, 0.2) is 24.4 Å². The smallest absolute Gasteiger partial charge is 0.222 e.